The molecule has 0 aliphatic rings. The van der Waals surface area contributed by atoms with Crippen molar-refractivity contribution < 1.29 is 0 Å². The third-order valence-electron chi connectivity index (χ3n) is 0.866. The molecule has 46 valence electrons. The highest BCUT2D eigenvalue weighted by Crippen LogP contribution is 2.00. The van der Waals surface area contributed by atoms with Crippen LogP contribution < -0.4 is 6.15 Å². The van der Waals surface area contributed by atoms with Gasteiger partial charge in [0.25, 0.3) is 0 Å². The van der Waals surface area contributed by atoms with E-state index in [1.54, 1.807) is 0 Å². The molecule has 0 aliphatic heterocycles. The predicted octanol–water partition coefficient (Wildman–Crippen LogP) is 2.60. The summed E-state index contributed by atoms with van der Waals surface area (Å²) in [5, 5.41) is 0. The van der Waals surface area contributed by atoms with Crippen LogP contribution in [0.4, 0.5) is 0 Å². The Morgan fingerprint density at radius 3 is 1.71 bits per heavy atom. The number of hydrogen-bond acceptors (Lipinski definition) is 1. The molecule has 1 nitrogen and oxygen atoms in total. The molecule has 0 fully saturated rings. The molecule has 0 atom stereocenters. The van der Waals surface area contributed by atoms with Crippen molar-refractivity contribution in [3.63, 3.8) is 0 Å². The Morgan fingerprint density at radius 1 is 1.29 bits per heavy atom. The summed E-state index contributed by atoms with van der Waals surface area (Å²) in [5.74, 6) is 0.898. The minimum Gasteiger partial charge on any atom is -0.344 e. The van der Waals surface area contributed by atoms with Crippen LogP contribution in [0.25, 0.3) is 0 Å². The third kappa shape index (κ3) is 10.7. The van der Waals surface area contributed by atoms with Crippen molar-refractivity contribution in [2.45, 2.75) is 33.6 Å². The van der Waals surface area contributed by atoms with Crippen LogP contribution in [0.15, 0.2) is 0 Å². The Bertz CT molecular complexity index is 25.4. The average Bonchev–Trinajstić information content (AvgIpc) is 1.35. The highest BCUT2D eigenvalue weighted by atomic mass is 14.0. The Kier molecular flexibility index (Phi) is 8.56. The standard InChI is InChI=1S/C6H14.H3N/c1-4-5-6(2)3;/h6H,4-5H2,1-3H3;1H3. The van der Waals surface area contributed by atoms with Crippen molar-refractivity contribution in [2.24, 2.45) is 5.92 Å². The van der Waals surface area contributed by atoms with Gasteiger partial charge in [0.2, 0.25) is 0 Å². The van der Waals surface area contributed by atoms with Gasteiger partial charge in [0, 0.05) is 0 Å². The topological polar surface area (TPSA) is 35.0 Å². The van der Waals surface area contributed by atoms with Gasteiger partial charge in [-0.2, -0.15) is 0 Å². The molecule has 0 spiro atoms. The lowest BCUT2D eigenvalue weighted by Gasteiger charge is -1.95. The van der Waals surface area contributed by atoms with Crippen molar-refractivity contribution in [3.05, 3.63) is 0 Å². The molecule has 0 saturated carbocycles. The molecule has 0 bridgehead atoms. The fraction of sp³-hybridized carbons (Fsp3) is 1.00. The van der Waals surface area contributed by atoms with E-state index in [1.165, 1.54) is 12.8 Å². The predicted molar refractivity (Wildman–Crippen MR) is 34.8 cm³/mol. The minimum atomic E-state index is 0. The van der Waals surface area contributed by atoms with Gasteiger partial charge in [0.05, 0.1) is 0 Å². The van der Waals surface area contributed by atoms with Crippen LogP contribution in [0.1, 0.15) is 33.6 Å². The molecule has 0 heterocycles. The second-order valence-electron chi connectivity index (χ2n) is 2.18. The van der Waals surface area contributed by atoms with E-state index in [1.807, 2.05) is 0 Å². The fourth-order valence-electron chi connectivity index (χ4n) is 0.577. The number of rotatable bonds is 2. The van der Waals surface area contributed by atoms with Crippen LogP contribution in [0.3, 0.4) is 0 Å². The van der Waals surface area contributed by atoms with Crippen molar-refractivity contribution in [2.75, 3.05) is 0 Å². The summed E-state index contributed by atoms with van der Waals surface area (Å²) in [5.41, 5.74) is 0. The highest BCUT2D eigenvalue weighted by Gasteiger charge is 1.85. The first-order valence-corrected chi connectivity index (χ1v) is 2.77. The van der Waals surface area contributed by atoms with Crippen molar-refractivity contribution in [3.8, 4) is 0 Å². The zero-order chi connectivity index (χ0) is 4.99. The van der Waals surface area contributed by atoms with Crippen molar-refractivity contribution >= 4 is 0 Å². The van der Waals surface area contributed by atoms with Gasteiger partial charge in [-0.15, -0.1) is 0 Å². The van der Waals surface area contributed by atoms with E-state index >= 15 is 0 Å². The van der Waals surface area contributed by atoms with Gasteiger partial charge in [-0.1, -0.05) is 33.6 Å². The molecule has 0 rings (SSSR count). The summed E-state index contributed by atoms with van der Waals surface area (Å²) in [6.45, 7) is 6.73. The number of hydrogen-bond donors (Lipinski definition) is 1. The second kappa shape index (κ2) is 5.96. The summed E-state index contributed by atoms with van der Waals surface area (Å²) in [6.07, 6.45) is 2.71. The molecule has 1 heteroatoms. The Morgan fingerprint density at radius 2 is 1.71 bits per heavy atom. The van der Waals surface area contributed by atoms with E-state index in [9.17, 15) is 0 Å². The van der Waals surface area contributed by atoms with Gasteiger partial charge < -0.3 is 6.15 Å². The first-order valence-electron chi connectivity index (χ1n) is 2.77. The zero-order valence-electron chi connectivity index (χ0n) is 5.70. The first kappa shape index (κ1) is 10.0. The van der Waals surface area contributed by atoms with Gasteiger partial charge in [-0.3, -0.25) is 0 Å². The SMILES string of the molecule is CCCC(C)C.N. The molecule has 0 aromatic heterocycles. The maximum atomic E-state index is 2.25. The van der Waals surface area contributed by atoms with Crippen LogP contribution in [-0.4, -0.2) is 0 Å². The van der Waals surface area contributed by atoms with Crippen molar-refractivity contribution in [1.82, 2.24) is 6.15 Å². The average molecular weight is 103 g/mol. The van der Waals surface area contributed by atoms with Crippen LogP contribution in [-0.2, 0) is 0 Å². The van der Waals surface area contributed by atoms with E-state index in [0.717, 1.165) is 5.92 Å². The monoisotopic (exact) mass is 103 g/mol. The van der Waals surface area contributed by atoms with Crippen LogP contribution in [0.5, 0.6) is 0 Å². The smallest absolute Gasteiger partial charge is 0.0471 e. The maximum Gasteiger partial charge on any atom is -0.0471 e. The van der Waals surface area contributed by atoms with E-state index in [4.69, 9.17) is 0 Å². The summed E-state index contributed by atoms with van der Waals surface area (Å²) in [4.78, 5) is 0. The largest absolute Gasteiger partial charge is 0.344 e. The molecular formula is C6H17N. The molecular weight excluding hydrogens is 86.1 g/mol. The van der Waals surface area contributed by atoms with Crippen molar-refractivity contribution in [1.29, 1.82) is 0 Å². The van der Waals surface area contributed by atoms with Gasteiger partial charge >= 0.3 is 0 Å². The molecule has 0 amide bonds. The van der Waals surface area contributed by atoms with Gasteiger partial charge in [0.1, 0.15) is 0 Å². The molecule has 0 aliphatic carbocycles. The lowest BCUT2D eigenvalue weighted by atomic mass is 10.1. The quantitative estimate of drug-likeness (QED) is 0.572. The summed E-state index contributed by atoms with van der Waals surface area (Å²) in [7, 11) is 0. The first-order chi connectivity index (χ1) is 2.77. The molecule has 0 aromatic rings. The normalized spacial score (nSPS) is 8.57. The van der Waals surface area contributed by atoms with E-state index in [0.29, 0.717) is 0 Å². The Hall–Kier alpha value is -0.0400. The lowest BCUT2D eigenvalue weighted by Crippen LogP contribution is -1.81. The Balaban J connectivity index is 0. The molecule has 3 N–H and O–H groups in total. The second-order valence-corrected chi connectivity index (χ2v) is 2.18. The molecule has 0 radical (unpaired) electrons. The molecule has 7 heavy (non-hydrogen) atoms. The van der Waals surface area contributed by atoms with E-state index in [2.05, 4.69) is 20.8 Å². The third-order valence-corrected chi connectivity index (χ3v) is 0.866. The summed E-state index contributed by atoms with van der Waals surface area (Å²) >= 11 is 0. The molecule has 0 unspecified atom stereocenters. The van der Waals surface area contributed by atoms with Gasteiger partial charge in [-0.25, -0.2) is 0 Å². The van der Waals surface area contributed by atoms with E-state index < -0.39 is 0 Å². The van der Waals surface area contributed by atoms with Gasteiger partial charge in [0.15, 0.2) is 0 Å². The van der Waals surface area contributed by atoms with Crippen LogP contribution in [0, 0.1) is 5.92 Å². The fourth-order valence-corrected chi connectivity index (χ4v) is 0.577. The molecule has 0 aromatic carbocycles. The maximum absolute atomic E-state index is 2.25. The molecule has 0 saturated heterocycles. The zero-order valence-corrected chi connectivity index (χ0v) is 5.70. The summed E-state index contributed by atoms with van der Waals surface area (Å²) < 4.78 is 0. The lowest BCUT2D eigenvalue weighted by molar-refractivity contribution is 0.576. The Labute approximate surface area is 46.7 Å². The highest BCUT2D eigenvalue weighted by molar-refractivity contribution is 4.38. The van der Waals surface area contributed by atoms with Gasteiger partial charge in [-0.05, 0) is 5.92 Å². The van der Waals surface area contributed by atoms with Crippen LogP contribution in [0.2, 0.25) is 0 Å². The van der Waals surface area contributed by atoms with Crippen LogP contribution >= 0.6 is 0 Å². The summed E-state index contributed by atoms with van der Waals surface area (Å²) in [6, 6.07) is 0. The van der Waals surface area contributed by atoms with E-state index in [-0.39, 0.29) is 6.15 Å². The minimum absolute atomic E-state index is 0.